The van der Waals surface area contributed by atoms with Gasteiger partial charge in [-0.2, -0.15) is 0 Å². The zero-order valence-electron chi connectivity index (χ0n) is 7.06. The molecule has 1 aromatic carbocycles. The first-order valence-electron chi connectivity index (χ1n) is 3.70. The van der Waals surface area contributed by atoms with E-state index in [0.29, 0.717) is 0 Å². The monoisotopic (exact) mass is 182 g/mol. The van der Waals surface area contributed by atoms with E-state index in [1.165, 1.54) is 31.2 Å². The Hall–Kier alpha value is -1.39. The van der Waals surface area contributed by atoms with Crippen LogP contribution in [0.1, 0.15) is 22.8 Å². The van der Waals surface area contributed by atoms with Gasteiger partial charge in [-0.3, -0.25) is 0 Å². The van der Waals surface area contributed by atoms with E-state index >= 15 is 0 Å². The zero-order chi connectivity index (χ0) is 10.1. The van der Waals surface area contributed by atoms with Crippen LogP contribution in [0.4, 0.5) is 0 Å². The first kappa shape index (κ1) is 9.70. The van der Waals surface area contributed by atoms with E-state index < -0.39 is 11.8 Å². The number of carbonyl (C=O) groups is 1. The third-order valence-electron chi connectivity index (χ3n) is 1.68. The van der Waals surface area contributed by atoms with Crippen LogP contribution in [0.5, 0.6) is 0 Å². The molecule has 0 heterocycles. The number of aromatic carboxylic acids is 1. The molecule has 1 rings (SSSR count). The molecule has 0 spiro atoms. The molecule has 0 fully saturated rings. The Morgan fingerprint density at radius 1 is 1.23 bits per heavy atom. The van der Waals surface area contributed by atoms with Gasteiger partial charge >= 0.3 is 5.97 Å². The van der Waals surface area contributed by atoms with Gasteiger partial charge < -0.3 is 15.3 Å². The Bertz CT molecular complexity index is 307. The summed E-state index contributed by atoms with van der Waals surface area (Å²) in [6.07, 6.45) is 0. The van der Waals surface area contributed by atoms with E-state index in [4.69, 9.17) is 15.3 Å². The molecule has 0 radical (unpaired) electrons. The Balaban J connectivity index is 3.01. The molecule has 0 saturated carbocycles. The summed E-state index contributed by atoms with van der Waals surface area (Å²) < 4.78 is 0. The lowest BCUT2D eigenvalue weighted by molar-refractivity contribution is -0.152. The lowest BCUT2D eigenvalue weighted by atomic mass is 10.1. The summed E-state index contributed by atoms with van der Waals surface area (Å²) in [6, 6.07) is 5.37. The van der Waals surface area contributed by atoms with Gasteiger partial charge in [0.2, 0.25) is 0 Å². The average molecular weight is 182 g/mol. The second-order valence-electron chi connectivity index (χ2n) is 2.90. The number of hydrogen-bond acceptors (Lipinski definition) is 3. The molecule has 13 heavy (non-hydrogen) atoms. The molecule has 0 bridgehead atoms. The molecule has 0 aliphatic carbocycles. The molecule has 0 unspecified atom stereocenters. The van der Waals surface area contributed by atoms with Gasteiger partial charge in [0.05, 0.1) is 5.56 Å². The van der Waals surface area contributed by atoms with Gasteiger partial charge in [-0.25, -0.2) is 4.79 Å². The smallest absolute Gasteiger partial charge is 0.335 e. The minimum absolute atomic E-state index is 0.119. The van der Waals surface area contributed by atoms with Crippen LogP contribution in [0.15, 0.2) is 24.3 Å². The van der Waals surface area contributed by atoms with Crippen LogP contribution in [-0.4, -0.2) is 21.3 Å². The van der Waals surface area contributed by atoms with Gasteiger partial charge in [0, 0.05) is 5.56 Å². The third-order valence-corrected chi connectivity index (χ3v) is 1.68. The maximum absolute atomic E-state index is 10.4. The molecular weight excluding hydrogens is 172 g/mol. The molecule has 0 aromatic heterocycles. The number of benzene rings is 1. The molecule has 1 aromatic rings. The Labute approximate surface area is 75.1 Å². The minimum atomic E-state index is -1.92. The predicted molar refractivity (Wildman–Crippen MR) is 45.2 cm³/mol. The molecule has 0 aliphatic rings. The standard InChI is InChI=1S/C9H10O4/c1-9(12,13)7-4-2-6(3-5-7)8(10)11/h2-5,12-13H,1H3,(H,10,11). The maximum atomic E-state index is 10.4. The molecule has 4 nitrogen and oxygen atoms in total. The number of carboxylic acids is 1. The van der Waals surface area contributed by atoms with Crippen LogP contribution in [0, 0.1) is 0 Å². The van der Waals surface area contributed by atoms with Crippen molar-refractivity contribution in [3.63, 3.8) is 0 Å². The van der Waals surface area contributed by atoms with Gasteiger partial charge in [-0.1, -0.05) is 12.1 Å². The average Bonchev–Trinajstić information content (AvgIpc) is 2.03. The fraction of sp³-hybridized carbons (Fsp3) is 0.222. The van der Waals surface area contributed by atoms with Gasteiger partial charge in [0.15, 0.2) is 5.79 Å². The van der Waals surface area contributed by atoms with Crippen molar-refractivity contribution in [3.8, 4) is 0 Å². The molecule has 0 saturated heterocycles. The quantitative estimate of drug-likeness (QED) is 0.583. The van der Waals surface area contributed by atoms with Crippen molar-refractivity contribution in [2.24, 2.45) is 0 Å². The summed E-state index contributed by atoms with van der Waals surface area (Å²) in [6.45, 7) is 1.21. The van der Waals surface area contributed by atoms with Gasteiger partial charge in [-0.05, 0) is 19.1 Å². The van der Waals surface area contributed by atoms with Crippen molar-refractivity contribution in [1.29, 1.82) is 0 Å². The molecule has 70 valence electrons. The number of rotatable bonds is 2. The highest BCUT2D eigenvalue weighted by molar-refractivity contribution is 5.87. The lowest BCUT2D eigenvalue weighted by Gasteiger charge is -2.15. The maximum Gasteiger partial charge on any atom is 0.335 e. The van der Waals surface area contributed by atoms with E-state index in [2.05, 4.69) is 0 Å². The van der Waals surface area contributed by atoms with Crippen LogP contribution in [-0.2, 0) is 5.79 Å². The Kier molecular flexibility index (Phi) is 2.36. The highest BCUT2D eigenvalue weighted by atomic mass is 16.5. The van der Waals surface area contributed by atoms with Crippen molar-refractivity contribution in [2.45, 2.75) is 12.7 Å². The molecule has 4 heteroatoms. The Morgan fingerprint density at radius 3 is 2.00 bits per heavy atom. The van der Waals surface area contributed by atoms with E-state index in [0.717, 1.165) is 0 Å². The predicted octanol–water partition coefficient (Wildman–Crippen LogP) is 0.542. The van der Waals surface area contributed by atoms with Crippen molar-refractivity contribution in [1.82, 2.24) is 0 Å². The van der Waals surface area contributed by atoms with Crippen molar-refractivity contribution < 1.29 is 20.1 Å². The molecule has 0 atom stereocenters. The van der Waals surface area contributed by atoms with E-state index in [1.807, 2.05) is 0 Å². The summed E-state index contributed by atoms with van der Waals surface area (Å²) in [5, 5.41) is 26.8. The van der Waals surface area contributed by atoms with Crippen LogP contribution in [0.25, 0.3) is 0 Å². The fourth-order valence-corrected chi connectivity index (χ4v) is 0.929. The van der Waals surface area contributed by atoms with Crippen LogP contribution < -0.4 is 0 Å². The number of hydrogen-bond donors (Lipinski definition) is 3. The van der Waals surface area contributed by atoms with Gasteiger partial charge in [0.1, 0.15) is 0 Å². The molecule has 3 N–H and O–H groups in total. The van der Waals surface area contributed by atoms with E-state index in [1.54, 1.807) is 0 Å². The Morgan fingerprint density at radius 2 is 1.69 bits per heavy atom. The summed E-state index contributed by atoms with van der Waals surface area (Å²) >= 11 is 0. The molecule has 0 amide bonds. The van der Waals surface area contributed by atoms with E-state index in [-0.39, 0.29) is 11.1 Å². The zero-order valence-corrected chi connectivity index (χ0v) is 7.06. The second kappa shape index (κ2) is 3.16. The SMILES string of the molecule is CC(O)(O)c1ccc(C(=O)O)cc1. The topological polar surface area (TPSA) is 77.8 Å². The normalized spacial score (nSPS) is 11.3. The lowest BCUT2D eigenvalue weighted by Crippen LogP contribution is -2.19. The fourth-order valence-electron chi connectivity index (χ4n) is 0.929. The summed E-state index contributed by atoms with van der Waals surface area (Å²) in [5.41, 5.74) is 0.380. The van der Waals surface area contributed by atoms with E-state index in [9.17, 15) is 4.79 Å². The number of aliphatic hydroxyl groups is 2. The highest BCUT2D eigenvalue weighted by Crippen LogP contribution is 2.17. The number of carboxylic acid groups (broad SMARTS) is 1. The summed E-state index contributed by atoms with van der Waals surface area (Å²) in [4.78, 5) is 10.4. The highest BCUT2D eigenvalue weighted by Gasteiger charge is 2.18. The summed E-state index contributed by atoms with van der Waals surface area (Å²) in [5.74, 6) is -2.96. The summed E-state index contributed by atoms with van der Waals surface area (Å²) in [7, 11) is 0. The minimum Gasteiger partial charge on any atom is -0.478 e. The first-order valence-corrected chi connectivity index (χ1v) is 3.70. The third kappa shape index (κ3) is 2.27. The van der Waals surface area contributed by atoms with Crippen molar-refractivity contribution in [2.75, 3.05) is 0 Å². The van der Waals surface area contributed by atoms with Gasteiger partial charge in [-0.15, -0.1) is 0 Å². The van der Waals surface area contributed by atoms with Gasteiger partial charge in [0.25, 0.3) is 0 Å². The van der Waals surface area contributed by atoms with Crippen molar-refractivity contribution >= 4 is 5.97 Å². The second-order valence-corrected chi connectivity index (χ2v) is 2.90. The van der Waals surface area contributed by atoms with Crippen LogP contribution >= 0.6 is 0 Å². The molecule has 0 aliphatic heterocycles. The van der Waals surface area contributed by atoms with Crippen LogP contribution in [0.3, 0.4) is 0 Å². The first-order chi connectivity index (χ1) is 5.91. The van der Waals surface area contributed by atoms with Crippen LogP contribution in [0.2, 0.25) is 0 Å². The van der Waals surface area contributed by atoms with Crippen molar-refractivity contribution in [3.05, 3.63) is 35.4 Å². The molecular formula is C9H10O4. The largest absolute Gasteiger partial charge is 0.478 e.